The molecule has 0 spiro atoms. The van der Waals surface area contributed by atoms with Gasteiger partial charge >= 0.3 is 5.97 Å². The summed E-state index contributed by atoms with van der Waals surface area (Å²) in [6.07, 6.45) is 3.09. The van der Waals surface area contributed by atoms with Gasteiger partial charge in [0.2, 0.25) is 0 Å². The Kier molecular flexibility index (Phi) is 4.80. The van der Waals surface area contributed by atoms with E-state index in [1.54, 1.807) is 37.3 Å². The lowest BCUT2D eigenvalue weighted by Gasteiger charge is -2.00. The molecule has 0 atom stereocenters. The number of hydrogen-bond acceptors (Lipinski definition) is 4. The molecule has 0 aliphatic rings. The summed E-state index contributed by atoms with van der Waals surface area (Å²) in [5, 5.41) is 10.7. The standard InChI is InChI=1S/C13H13NO4/c1-10(2)13(15)18-9-5-7-11-6-3-4-8-12(11)14(16)17/h3-8H,1,9H2,2H3/b7-5+. The van der Waals surface area contributed by atoms with Crippen molar-refractivity contribution < 1.29 is 14.5 Å². The van der Waals surface area contributed by atoms with Crippen LogP contribution in [-0.4, -0.2) is 17.5 Å². The Balaban J connectivity index is 2.65. The van der Waals surface area contributed by atoms with Crippen molar-refractivity contribution in [1.29, 1.82) is 0 Å². The van der Waals surface area contributed by atoms with E-state index in [2.05, 4.69) is 6.58 Å². The Bertz CT molecular complexity index is 505. The third kappa shape index (κ3) is 3.86. The molecular formula is C13H13NO4. The molecule has 5 nitrogen and oxygen atoms in total. The fourth-order valence-electron chi connectivity index (χ4n) is 1.22. The quantitative estimate of drug-likeness (QED) is 0.347. The van der Waals surface area contributed by atoms with Gasteiger partial charge in [-0.25, -0.2) is 4.79 Å². The van der Waals surface area contributed by atoms with E-state index in [9.17, 15) is 14.9 Å². The van der Waals surface area contributed by atoms with Crippen molar-refractivity contribution in [2.24, 2.45) is 0 Å². The Hall–Kier alpha value is -2.43. The van der Waals surface area contributed by atoms with Crippen molar-refractivity contribution in [2.75, 3.05) is 6.61 Å². The van der Waals surface area contributed by atoms with E-state index in [0.29, 0.717) is 11.1 Å². The predicted molar refractivity (Wildman–Crippen MR) is 67.9 cm³/mol. The molecule has 94 valence electrons. The molecule has 0 radical (unpaired) electrons. The minimum Gasteiger partial charge on any atom is -0.458 e. The van der Waals surface area contributed by atoms with Crippen molar-refractivity contribution in [3.05, 3.63) is 58.2 Å². The first-order chi connectivity index (χ1) is 8.52. The highest BCUT2D eigenvalue weighted by Gasteiger charge is 2.09. The number of carbonyl (C=O) groups excluding carboxylic acids is 1. The second-order valence-corrected chi connectivity index (χ2v) is 3.60. The van der Waals surface area contributed by atoms with Crippen molar-refractivity contribution in [3.8, 4) is 0 Å². The smallest absolute Gasteiger partial charge is 0.333 e. The summed E-state index contributed by atoms with van der Waals surface area (Å²) in [7, 11) is 0. The number of benzene rings is 1. The second-order valence-electron chi connectivity index (χ2n) is 3.60. The fourth-order valence-corrected chi connectivity index (χ4v) is 1.22. The highest BCUT2D eigenvalue weighted by Crippen LogP contribution is 2.18. The highest BCUT2D eigenvalue weighted by molar-refractivity contribution is 5.87. The summed E-state index contributed by atoms with van der Waals surface area (Å²) < 4.78 is 4.83. The average molecular weight is 247 g/mol. The van der Waals surface area contributed by atoms with E-state index in [4.69, 9.17) is 4.74 Å². The Morgan fingerprint density at radius 3 is 2.78 bits per heavy atom. The molecule has 1 aromatic rings. The molecule has 0 fully saturated rings. The van der Waals surface area contributed by atoms with E-state index >= 15 is 0 Å². The number of nitro benzene ring substituents is 1. The number of para-hydroxylation sites is 1. The Morgan fingerprint density at radius 2 is 2.17 bits per heavy atom. The van der Waals surface area contributed by atoms with Crippen LogP contribution in [0, 0.1) is 10.1 Å². The van der Waals surface area contributed by atoms with Crippen LogP contribution in [0.25, 0.3) is 6.08 Å². The first kappa shape index (κ1) is 13.6. The molecule has 0 heterocycles. The molecule has 0 aliphatic heterocycles. The zero-order chi connectivity index (χ0) is 13.5. The van der Waals surface area contributed by atoms with E-state index in [1.165, 1.54) is 6.07 Å². The molecule has 0 saturated carbocycles. The number of nitrogens with zero attached hydrogens (tertiary/aromatic N) is 1. The van der Waals surface area contributed by atoms with Gasteiger partial charge in [0, 0.05) is 11.6 Å². The van der Waals surface area contributed by atoms with Gasteiger partial charge in [-0.3, -0.25) is 10.1 Å². The normalized spacial score (nSPS) is 10.3. The van der Waals surface area contributed by atoms with Crippen LogP contribution in [0.4, 0.5) is 5.69 Å². The summed E-state index contributed by atoms with van der Waals surface area (Å²) in [5.41, 5.74) is 0.794. The minimum atomic E-state index is -0.484. The highest BCUT2D eigenvalue weighted by atomic mass is 16.6. The predicted octanol–water partition coefficient (Wildman–Crippen LogP) is 2.73. The van der Waals surface area contributed by atoms with Gasteiger partial charge in [0.25, 0.3) is 5.69 Å². The molecule has 0 amide bonds. The topological polar surface area (TPSA) is 69.4 Å². The van der Waals surface area contributed by atoms with Gasteiger partial charge in [0.1, 0.15) is 6.61 Å². The van der Waals surface area contributed by atoms with Gasteiger partial charge in [0.15, 0.2) is 0 Å². The van der Waals surface area contributed by atoms with Gasteiger partial charge in [-0.1, -0.05) is 18.7 Å². The molecule has 1 aromatic carbocycles. The Morgan fingerprint density at radius 1 is 1.50 bits per heavy atom. The number of carbonyl (C=O) groups is 1. The summed E-state index contributed by atoms with van der Waals surface area (Å²) in [6.45, 7) is 5.04. The van der Waals surface area contributed by atoms with Crippen LogP contribution in [0.2, 0.25) is 0 Å². The van der Waals surface area contributed by atoms with Gasteiger partial charge in [-0.15, -0.1) is 0 Å². The molecule has 18 heavy (non-hydrogen) atoms. The first-order valence-corrected chi connectivity index (χ1v) is 5.25. The molecule has 5 heteroatoms. The monoisotopic (exact) mass is 247 g/mol. The molecular weight excluding hydrogens is 234 g/mol. The van der Waals surface area contributed by atoms with E-state index in [0.717, 1.165) is 0 Å². The number of ether oxygens (including phenoxy) is 1. The first-order valence-electron chi connectivity index (χ1n) is 5.25. The number of nitro groups is 1. The molecule has 0 unspecified atom stereocenters. The van der Waals surface area contributed by atoms with Crippen LogP contribution < -0.4 is 0 Å². The van der Waals surface area contributed by atoms with Crippen molar-refractivity contribution in [3.63, 3.8) is 0 Å². The SMILES string of the molecule is C=C(C)C(=O)OC/C=C/c1ccccc1[N+](=O)[O-]. The van der Waals surface area contributed by atoms with Crippen LogP contribution in [0.5, 0.6) is 0 Å². The maximum absolute atomic E-state index is 11.1. The van der Waals surface area contributed by atoms with Gasteiger partial charge in [-0.05, 0) is 25.1 Å². The number of rotatable bonds is 5. The van der Waals surface area contributed by atoms with Crippen molar-refractivity contribution in [2.45, 2.75) is 6.92 Å². The number of esters is 1. The van der Waals surface area contributed by atoms with E-state index in [1.807, 2.05) is 0 Å². The van der Waals surface area contributed by atoms with Crippen LogP contribution in [0.1, 0.15) is 12.5 Å². The minimum absolute atomic E-state index is 0.0139. The maximum atomic E-state index is 11.1. The van der Waals surface area contributed by atoms with Crippen LogP contribution in [0.3, 0.4) is 0 Å². The lowest BCUT2D eigenvalue weighted by atomic mass is 10.1. The molecule has 0 aliphatic carbocycles. The molecule has 0 N–H and O–H groups in total. The lowest BCUT2D eigenvalue weighted by Crippen LogP contribution is -2.04. The average Bonchev–Trinajstić information content (AvgIpc) is 2.34. The van der Waals surface area contributed by atoms with Crippen LogP contribution in [-0.2, 0) is 9.53 Å². The molecule has 1 rings (SSSR count). The fraction of sp³-hybridized carbons (Fsp3) is 0.154. The van der Waals surface area contributed by atoms with Gasteiger partial charge in [-0.2, -0.15) is 0 Å². The van der Waals surface area contributed by atoms with Gasteiger partial charge in [0.05, 0.1) is 10.5 Å². The maximum Gasteiger partial charge on any atom is 0.333 e. The summed E-state index contributed by atoms with van der Waals surface area (Å²) in [5.74, 6) is -0.484. The van der Waals surface area contributed by atoms with Crippen LogP contribution in [0.15, 0.2) is 42.5 Å². The van der Waals surface area contributed by atoms with Gasteiger partial charge < -0.3 is 4.74 Å². The van der Waals surface area contributed by atoms with E-state index < -0.39 is 10.9 Å². The Labute approximate surface area is 105 Å². The summed E-state index contributed by atoms with van der Waals surface area (Å²) in [4.78, 5) is 21.3. The lowest BCUT2D eigenvalue weighted by molar-refractivity contribution is -0.385. The second kappa shape index (κ2) is 6.34. The third-order valence-corrected chi connectivity index (χ3v) is 2.09. The summed E-state index contributed by atoms with van der Waals surface area (Å²) >= 11 is 0. The number of hydrogen-bond donors (Lipinski definition) is 0. The molecule has 0 saturated heterocycles. The molecule has 0 bridgehead atoms. The van der Waals surface area contributed by atoms with Crippen molar-refractivity contribution in [1.82, 2.24) is 0 Å². The zero-order valence-corrected chi connectivity index (χ0v) is 9.96. The summed E-state index contributed by atoms with van der Waals surface area (Å²) in [6, 6.07) is 6.33. The van der Waals surface area contributed by atoms with Crippen LogP contribution >= 0.6 is 0 Å². The zero-order valence-electron chi connectivity index (χ0n) is 9.96. The third-order valence-electron chi connectivity index (χ3n) is 2.09. The van der Waals surface area contributed by atoms with Crippen molar-refractivity contribution >= 4 is 17.7 Å². The molecule has 0 aromatic heterocycles. The largest absolute Gasteiger partial charge is 0.458 e. The van der Waals surface area contributed by atoms with E-state index in [-0.39, 0.29) is 12.3 Å².